The Balaban J connectivity index is 1.81. The molecular weight excluding hydrogens is 411 g/mol. The lowest BCUT2D eigenvalue weighted by atomic mass is 10.0. The average molecular weight is 432 g/mol. The van der Waals surface area contributed by atoms with Gasteiger partial charge in [0.25, 0.3) is 11.8 Å². The monoisotopic (exact) mass is 432 g/mol. The molecule has 1 heterocycles. The molecule has 4 rings (SSSR count). The van der Waals surface area contributed by atoms with Gasteiger partial charge in [0.15, 0.2) is 0 Å². The number of anilines is 2. The van der Waals surface area contributed by atoms with Crippen LogP contribution < -0.4 is 19.7 Å². The third-order valence-corrected chi connectivity index (χ3v) is 4.96. The Labute approximate surface area is 184 Å². The highest BCUT2D eigenvalue weighted by Gasteiger charge is 2.41. The van der Waals surface area contributed by atoms with E-state index < -0.39 is 17.6 Å². The van der Waals surface area contributed by atoms with Crippen molar-refractivity contribution in [2.45, 2.75) is 6.92 Å². The van der Waals surface area contributed by atoms with Crippen LogP contribution in [0.4, 0.5) is 15.8 Å². The average Bonchev–Trinajstić information content (AvgIpc) is 3.04. The molecule has 3 aromatic carbocycles. The molecule has 1 aliphatic heterocycles. The number of hydrogen-bond acceptors (Lipinski definition) is 5. The highest BCUT2D eigenvalue weighted by atomic mass is 19.1. The van der Waals surface area contributed by atoms with Crippen molar-refractivity contribution in [3.8, 4) is 11.5 Å². The number of halogens is 1. The van der Waals surface area contributed by atoms with Crippen LogP contribution in [-0.4, -0.2) is 25.5 Å². The Morgan fingerprint density at radius 2 is 1.69 bits per heavy atom. The number of nitrogens with zero attached hydrogens (tertiary/aromatic N) is 1. The van der Waals surface area contributed by atoms with E-state index in [-0.39, 0.29) is 17.0 Å². The molecule has 0 atom stereocenters. The van der Waals surface area contributed by atoms with Crippen molar-refractivity contribution >= 4 is 28.8 Å². The smallest absolute Gasteiger partial charge is 0.282 e. The Hall–Kier alpha value is -4.13. The molecule has 7 heteroatoms. The third kappa shape index (κ3) is 3.92. The predicted molar refractivity (Wildman–Crippen MR) is 120 cm³/mol. The van der Waals surface area contributed by atoms with Crippen molar-refractivity contribution < 1.29 is 23.5 Å². The Morgan fingerprint density at radius 1 is 0.938 bits per heavy atom. The van der Waals surface area contributed by atoms with E-state index in [1.54, 1.807) is 48.5 Å². The molecule has 0 aromatic heterocycles. The molecule has 0 unspecified atom stereocenters. The van der Waals surface area contributed by atoms with Crippen LogP contribution in [0.2, 0.25) is 0 Å². The van der Waals surface area contributed by atoms with Crippen LogP contribution in [0.25, 0.3) is 5.57 Å². The minimum absolute atomic E-state index is 0.0768. The lowest BCUT2D eigenvalue weighted by Gasteiger charge is -2.15. The number of ether oxygens (including phenoxy) is 2. The molecule has 162 valence electrons. The molecule has 0 aliphatic carbocycles. The van der Waals surface area contributed by atoms with E-state index in [1.165, 1.54) is 25.3 Å². The van der Waals surface area contributed by atoms with Crippen molar-refractivity contribution in [2.24, 2.45) is 0 Å². The van der Waals surface area contributed by atoms with E-state index >= 15 is 0 Å². The molecule has 0 saturated carbocycles. The van der Waals surface area contributed by atoms with Gasteiger partial charge in [0.05, 0.1) is 25.0 Å². The largest absolute Gasteiger partial charge is 0.496 e. The summed E-state index contributed by atoms with van der Waals surface area (Å²) in [5, 5.41) is 3.07. The fourth-order valence-corrected chi connectivity index (χ4v) is 3.54. The predicted octanol–water partition coefficient (Wildman–Crippen LogP) is 4.63. The molecule has 6 nitrogen and oxygen atoms in total. The van der Waals surface area contributed by atoms with Crippen LogP contribution in [0.15, 0.2) is 78.5 Å². The molecule has 0 bridgehead atoms. The van der Waals surface area contributed by atoms with Crippen LogP contribution in [-0.2, 0) is 9.59 Å². The summed E-state index contributed by atoms with van der Waals surface area (Å²) in [7, 11) is 1.49. The number of benzene rings is 3. The van der Waals surface area contributed by atoms with Crippen LogP contribution in [0.1, 0.15) is 12.5 Å². The first-order valence-electron chi connectivity index (χ1n) is 10.1. The number of hydrogen-bond donors (Lipinski definition) is 1. The zero-order valence-corrected chi connectivity index (χ0v) is 17.6. The van der Waals surface area contributed by atoms with E-state index in [0.29, 0.717) is 29.4 Å². The standard InChI is InChI=1S/C25H21FN2O4/c1-3-32-19-13-11-17(12-14-19)27-23-22(20-9-4-5-10-21(20)31-2)24(29)28(25(23)30)18-8-6-7-16(26)15-18/h4-15,27H,3H2,1-2H3. The van der Waals surface area contributed by atoms with E-state index in [1.807, 2.05) is 6.92 Å². The van der Waals surface area contributed by atoms with Gasteiger partial charge in [-0.15, -0.1) is 0 Å². The second-order valence-electron chi connectivity index (χ2n) is 6.96. The normalized spacial score (nSPS) is 13.5. The summed E-state index contributed by atoms with van der Waals surface area (Å²) >= 11 is 0. The summed E-state index contributed by atoms with van der Waals surface area (Å²) in [5.41, 5.74) is 1.42. The van der Waals surface area contributed by atoms with Crippen molar-refractivity contribution in [2.75, 3.05) is 23.9 Å². The van der Waals surface area contributed by atoms with Gasteiger partial charge in [-0.2, -0.15) is 0 Å². The lowest BCUT2D eigenvalue weighted by molar-refractivity contribution is -0.120. The summed E-state index contributed by atoms with van der Waals surface area (Å²) in [6.07, 6.45) is 0. The summed E-state index contributed by atoms with van der Waals surface area (Å²) in [5.74, 6) is -0.577. The van der Waals surface area contributed by atoms with Crippen molar-refractivity contribution in [1.29, 1.82) is 0 Å². The topological polar surface area (TPSA) is 67.9 Å². The van der Waals surface area contributed by atoms with E-state index in [0.717, 1.165) is 11.0 Å². The molecule has 32 heavy (non-hydrogen) atoms. The highest BCUT2D eigenvalue weighted by molar-refractivity contribution is 6.46. The first-order valence-corrected chi connectivity index (χ1v) is 10.1. The third-order valence-electron chi connectivity index (χ3n) is 4.96. The maximum Gasteiger partial charge on any atom is 0.282 e. The number of nitrogens with one attached hydrogen (secondary N) is 1. The summed E-state index contributed by atoms with van der Waals surface area (Å²) in [4.78, 5) is 27.8. The number of para-hydroxylation sites is 1. The van der Waals surface area contributed by atoms with Gasteiger partial charge in [0, 0.05) is 11.3 Å². The highest BCUT2D eigenvalue weighted by Crippen LogP contribution is 2.37. The minimum atomic E-state index is -0.588. The van der Waals surface area contributed by atoms with Gasteiger partial charge in [-0.3, -0.25) is 9.59 Å². The van der Waals surface area contributed by atoms with Crippen LogP contribution in [0.3, 0.4) is 0 Å². The molecule has 1 N–H and O–H groups in total. The number of methoxy groups -OCH3 is 1. The lowest BCUT2D eigenvalue weighted by Crippen LogP contribution is -2.32. The van der Waals surface area contributed by atoms with Crippen LogP contribution >= 0.6 is 0 Å². The van der Waals surface area contributed by atoms with Crippen LogP contribution in [0.5, 0.6) is 11.5 Å². The fraction of sp³-hybridized carbons (Fsp3) is 0.120. The van der Waals surface area contributed by atoms with Gasteiger partial charge in [0.1, 0.15) is 23.0 Å². The first kappa shape index (κ1) is 21.1. The molecule has 0 spiro atoms. The summed E-state index contributed by atoms with van der Waals surface area (Å²) < 4.78 is 24.7. The number of amides is 2. The summed E-state index contributed by atoms with van der Waals surface area (Å²) in [6.45, 7) is 2.42. The van der Waals surface area contributed by atoms with Gasteiger partial charge in [-0.05, 0) is 55.5 Å². The van der Waals surface area contributed by atoms with Gasteiger partial charge < -0.3 is 14.8 Å². The van der Waals surface area contributed by atoms with Gasteiger partial charge in [-0.1, -0.05) is 24.3 Å². The molecule has 0 radical (unpaired) electrons. The number of rotatable bonds is 7. The quantitative estimate of drug-likeness (QED) is 0.552. The minimum Gasteiger partial charge on any atom is -0.496 e. The Bertz CT molecular complexity index is 1200. The van der Waals surface area contributed by atoms with E-state index in [2.05, 4.69) is 5.32 Å². The van der Waals surface area contributed by atoms with Crippen LogP contribution in [0, 0.1) is 5.82 Å². The van der Waals surface area contributed by atoms with Gasteiger partial charge in [0.2, 0.25) is 0 Å². The van der Waals surface area contributed by atoms with E-state index in [4.69, 9.17) is 9.47 Å². The van der Waals surface area contributed by atoms with Gasteiger partial charge in [-0.25, -0.2) is 9.29 Å². The van der Waals surface area contributed by atoms with Crippen molar-refractivity contribution in [3.05, 3.63) is 89.9 Å². The maximum absolute atomic E-state index is 13.8. The molecule has 2 amide bonds. The van der Waals surface area contributed by atoms with Gasteiger partial charge >= 0.3 is 0 Å². The van der Waals surface area contributed by atoms with E-state index in [9.17, 15) is 14.0 Å². The zero-order chi connectivity index (χ0) is 22.7. The van der Waals surface area contributed by atoms with Crippen molar-refractivity contribution in [3.63, 3.8) is 0 Å². The fourth-order valence-electron chi connectivity index (χ4n) is 3.54. The SMILES string of the molecule is CCOc1ccc(NC2=C(c3ccccc3OC)C(=O)N(c3cccc(F)c3)C2=O)cc1. The second kappa shape index (κ2) is 8.93. The molecule has 3 aromatic rings. The maximum atomic E-state index is 13.8. The first-order chi connectivity index (χ1) is 15.5. The molecule has 1 aliphatic rings. The molecule has 0 saturated heterocycles. The molecular formula is C25H21FN2O4. The Kier molecular flexibility index (Phi) is 5.89. The van der Waals surface area contributed by atoms with Crippen molar-refractivity contribution in [1.82, 2.24) is 0 Å². The number of imide groups is 1. The zero-order valence-electron chi connectivity index (χ0n) is 17.6. The Morgan fingerprint density at radius 3 is 2.38 bits per heavy atom. The number of carbonyl (C=O) groups excluding carboxylic acids is 2. The summed E-state index contributed by atoms with van der Waals surface area (Å²) in [6, 6.07) is 19.3. The second-order valence-corrected chi connectivity index (χ2v) is 6.96. The molecule has 0 fully saturated rings. The number of carbonyl (C=O) groups is 2.